The Labute approximate surface area is 94.2 Å². The topological polar surface area (TPSA) is 21.3 Å². The first-order valence-corrected chi connectivity index (χ1v) is 5.20. The monoisotopic (exact) mass is 221 g/mol. The highest BCUT2D eigenvalue weighted by Crippen LogP contribution is 2.30. The fourth-order valence-electron chi connectivity index (χ4n) is 1.95. The van der Waals surface area contributed by atoms with Crippen LogP contribution in [0, 0.1) is 11.3 Å². The van der Waals surface area contributed by atoms with Crippen molar-refractivity contribution < 1.29 is 4.74 Å². The van der Waals surface area contributed by atoms with E-state index in [0.717, 1.165) is 19.6 Å². The van der Waals surface area contributed by atoms with E-state index < -0.39 is 0 Å². The van der Waals surface area contributed by atoms with Crippen molar-refractivity contribution in [2.24, 2.45) is 11.3 Å². The van der Waals surface area contributed by atoms with Gasteiger partial charge < -0.3 is 4.74 Å². The Morgan fingerprint density at radius 3 is 2.36 bits per heavy atom. The maximum atomic E-state index is 5.84. The third kappa shape index (κ3) is 4.63. The molecule has 1 aliphatic rings. The summed E-state index contributed by atoms with van der Waals surface area (Å²) >= 11 is 0. The van der Waals surface area contributed by atoms with Gasteiger partial charge in [-0.25, -0.2) is 0 Å². The summed E-state index contributed by atoms with van der Waals surface area (Å²) < 4.78 is 5.84. The van der Waals surface area contributed by atoms with Crippen LogP contribution in [0.25, 0.3) is 0 Å². The summed E-state index contributed by atoms with van der Waals surface area (Å²) in [5, 5.41) is 3.48. The van der Waals surface area contributed by atoms with E-state index in [4.69, 9.17) is 4.74 Å². The number of halogens is 1. The van der Waals surface area contributed by atoms with Gasteiger partial charge in [-0.1, -0.05) is 27.7 Å². The van der Waals surface area contributed by atoms with E-state index in [-0.39, 0.29) is 18.1 Å². The highest BCUT2D eigenvalue weighted by Gasteiger charge is 2.33. The Morgan fingerprint density at radius 2 is 2.00 bits per heavy atom. The molecule has 0 aromatic rings. The third-order valence-corrected chi connectivity index (χ3v) is 2.38. The molecule has 2 atom stereocenters. The minimum absolute atomic E-state index is 0. The van der Waals surface area contributed by atoms with Crippen LogP contribution in [0.5, 0.6) is 0 Å². The molecule has 0 bridgehead atoms. The van der Waals surface area contributed by atoms with Gasteiger partial charge in [-0.15, -0.1) is 12.4 Å². The Balaban J connectivity index is 0.00000169. The second kappa shape index (κ2) is 4.82. The lowest BCUT2D eigenvalue weighted by Gasteiger charge is -2.41. The van der Waals surface area contributed by atoms with Crippen LogP contribution in [0.2, 0.25) is 0 Å². The standard InChI is InChI=1S/C11H23NO.ClH/c1-9-6-12-11(5,13-7-9)8-10(2,3)4;/h9,12H,6-8H2,1-5H3;1H. The first-order chi connectivity index (χ1) is 5.81. The SMILES string of the molecule is CC1CNC(C)(CC(C)(C)C)OC1.Cl. The minimum Gasteiger partial charge on any atom is -0.361 e. The number of hydrogen-bond donors (Lipinski definition) is 1. The van der Waals surface area contributed by atoms with Crippen molar-refractivity contribution in [1.82, 2.24) is 5.32 Å². The van der Waals surface area contributed by atoms with Crippen LogP contribution in [-0.2, 0) is 4.74 Å². The molecule has 3 heteroatoms. The quantitative estimate of drug-likeness (QED) is 0.736. The molecule has 14 heavy (non-hydrogen) atoms. The maximum absolute atomic E-state index is 5.84. The largest absolute Gasteiger partial charge is 0.361 e. The number of hydrogen-bond acceptors (Lipinski definition) is 2. The van der Waals surface area contributed by atoms with Crippen LogP contribution in [0.15, 0.2) is 0 Å². The van der Waals surface area contributed by atoms with Gasteiger partial charge >= 0.3 is 0 Å². The molecule has 1 saturated heterocycles. The molecule has 0 spiro atoms. The van der Waals surface area contributed by atoms with Gasteiger partial charge in [0.1, 0.15) is 5.72 Å². The first-order valence-electron chi connectivity index (χ1n) is 5.20. The van der Waals surface area contributed by atoms with Gasteiger partial charge in [0.05, 0.1) is 6.61 Å². The van der Waals surface area contributed by atoms with E-state index in [1.54, 1.807) is 0 Å². The minimum atomic E-state index is -0.106. The highest BCUT2D eigenvalue weighted by molar-refractivity contribution is 5.85. The second-order valence-corrected chi connectivity index (χ2v) is 5.77. The molecule has 1 heterocycles. The average molecular weight is 222 g/mol. The van der Waals surface area contributed by atoms with Gasteiger partial charge in [-0.2, -0.15) is 0 Å². The van der Waals surface area contributed by atoms with Crippen molar-refractivity contribution in [3.8, 4) is 0 Å². The molecule has 0 aliphatic carbocycles. The molecule has 0 aromatic carbocycles. The Morgan fingerprint density at radius 1 is 1.43 bits per heavy atom. The van der Waals surface area contributed by atoms with Crippen molar-refractivity contribution in [2.45, 2.75) is 46.8 Å². The van der Waals surface area contributed by atoms with Crippen LogP contribution in [0.3, 0.4) is 0 Å². The third-order valence-electron chi connectivity index (χ3n) is 2.38. The average Bonchev–Trinajstić information content (AvgIpc) is 1.92. The second-order valence-electron chi connectivity index (χ2n) is 5.77. The van der Waals surface area contributed by atoms with Gasteiger partial charge in [0, 0.05) is 6.54 Å². The molecule has 0 aromatic heterocycles. The summed E-state index contributed by atoms with van der Waals surface area (Å²) in [6.45, 7) is 13.1. The van der Waals surface area contributed by atoms with Crippen LogP contribution >= 0.6 is 12.4 Å². The molecule has 1 aliphatic heterocycles. The molecule has 86 valence electrons. The number of ether oxygens (including phenoxy) is 1. The van der Waals surface area contributed by atoms with Gasteiger partial charge in [0.15, 0.2) is 0 Å². The van der Waals surface area contributed by atoms with Crippen LogP contribution < -0.4 is 5.32 Å². The van der Waals surface area contributed by atoms with E-state index >= 15 is 0 Å². The van der Waals surface area contributed by atoms with E-state index in [1.807, 2.05) is 0 Å². The number of rotatable bonds is 1. The summed E-state index contributed by atoms with van der Waals surface area (Å²) in [6, 6.07) is 0. The molecule has 0 saturated carbocycles. The zero-order valence-electron chi connectivity index (χ0n) is 10.0. The highest BCUT2D eigenvalue weighted by atomic mass is 35.5. The Hall–Kier alpha value is 0.210. The molecule has 0 radical (unpaired) electrons. The summed E-state index contributed by atoms with van der Waals surface area (Å²) in [4.78, 5) is 0. The van der Waals surface area contributed by atoms with E-state index in [2.05, 4.69) is 39.9 Å². The molecule has 2 nitrogen and oxygen atoms in total. The molecular formula is C11H24ClNO. The van der Waals surface area contributed by atoms with Crippen molar-refractivity contribution in [1.29, 1.82) is 0 Å². The summed E-state index contributed by atoms with van der Waals surface area (Å²) in [7, 11) is 0. The molecule has 1 rings (SSSR count). The fraction of sp³-hybridized carbons (Fsp3) is 1.00. The predicted octanol–water partition coefficient (Wildman–Crippen LogP) is 2.82. The molecule has 0 amide bonds. The number of nitrogens with one attached hydrogen (secondary N) is 1. The van der Waals surface area contributed by atoms with Crippen molar-refractivity contribution in [2.75, 3.05) is 13.2 Å². The van der Waals surface area contributed by atoms with E-state index in [0.29, 0.717) is 11.3 Å². The van der Waals surface area contributed by atoms with Gasteiger partial charge in [0.25, 0.3) is 0 Å². The van der Waals surface area contributed by atoms with Crippen molar-refractivity contribution in [3.05, 3.63) is 0 Å². The lowest BCUT2D eigenvalue weighted by Crippen LogP contribution is -2.53. The Kier molecular flexibility index (Phi) is 4.89. The van der Waals surface area contributed by atoms with Crippen LogP contribution in [-0.4, -0.2) is 18.9 Å². The maximum Gasteiger partial charge on any atom is 0.116 e. The lowest BCUT2D eigenvalue weighted by atomic mass is 9.86. The lowest BCUT2D eigenvalue weighted by molar-refractivity contribution is -0.119. The zero-order valence-corrected chi connectivity index (χ0v) is 10.8. The van der Waals surface area contributed by atoms with Gasteiger partial charge in [-0.05, 0) is 24.7 Å². The zero-order chi connectivity index (χ0) is 10.1. The summed E-state index contributed by atoms with van der Waals surface area (Å²) in [6.07, 6.45) is 1.06. The van der Waals surface area contributed by atoms with Crippen molar-refractivity contribution in [3.63, 3.8) is 0 Å². The van der Waals surface area contributed by atoms with E-state index in [9.17, 15) is 0 Å². The van der Waals surface area contributed by atoms with Crippen LogP contribution in [0.1, 0.15) is 41.0 Å². The van der Waals surface area contributed by atoms with E-state index in [1.165, 1.54) is 0 Å². The molecule has 1 N–H and O–H groups in total. The van der Waals surface area contributed by atoms with Gasteiger partial charge in [0.2, 0.25) is 0 Å². The first kappa shape index (κ1) is 14.2. The smallest absolute Gasteiger partial charge is 0.116 e. The molecule has 2 unspecified atom stereocenters. The van der Waals surface area contributed by atoms with Crippen molar-refractivity contribution >= 4 is 12.4 Å². The van der Waals surface area contributed by atoms with Crippen LogP contribution in [0.4, 0.5) is 0 Å². The Bertz CT molecular complexity index is 169. The normalized spacial score (nSPS) is 33.6. The molecule has 1 fully saturated rings. The molecular weight excluding hydrogens is 198 g/mol. The summed E-state index contributed by atoms with van der Waals surface area (Å²) in [5.41, 5.74) is 0.215. The fourth-order valence-corrected chi connectivity index (χ4v) is 1.95. The van der Waals surface area contributed by atoms with Gasteiger partial charge in [-0.3, -0.25) is 5.32 Å². The summed E-state index contributed by atoms with van der Waals surface area (Å²) in [5.74, 6) is 0.646. The predicted molar refractivity (Wildman–Crippen MR) is 62.8 cm³/mol.